The van der Waals surface area contributed by atoms with Crippen LogP contribution >= 0.6 is 0 Å². The lowest BCUT2D eigenvalue weighted by Crippen LogP contribution is -2.47. The number of aliphatic carboxylic acids is 1. The van der Waals surface area contributed by atoms with Crippen molar-refractivity contribution in [3.05, 3.63) is 0 Å². The molecule has 1 atom stereocenters. The number of carboxylic acid groups (broad SMARTS) is 1. The number of hydrogen-bond donors (Lipinski definition) is 3. The maximum absolute atomic E-state index is 11.6. The van der Waals surface area contributed by atoms with E-state index in [-0.39, 0.29) is 6.54 Å². The lowest BCUT2D eigenvalue weighted by atomic mass is 9.85. The van der Waals surface area contributed by atoms with E-state index in [1.165, 1.54) is 0 Å². The molecule has 0 heterocycles. The van der Waals surface area contributed by atoms with Crippen molar-refractivity contribution >= 4 is 16.0 Å². The third-order valence-electron chi connectivity index (χ3n) is 3.20. The van der Waals surface area contributed by atoms with Crippen LogP contribution in [0, 0.1) is 0 Å². The molecule has 0 aromatic carbocycles. The molecule has 6 nitrogen and oxygen atoms in total. The first-order valence-electron chi connectivity index (χ1n) is 5.70. The zero-order valence-electron chi connectivity index (χ0n) is 9.85. The topological polar surface area (TPSA) is 104 Å². The average molecular weight is 265 g/mol. The van der Waals surface area contributed by atoms with Crippen LogP contribution in [-0.4, -0.2) is 42.0 Å². The molecule has 0 aliphatic heterocycles. The quantitative estimate of drug-likeness (QED) is 0.653. The molecule has 100 valence electrons. The number of aliphatic hydroxyl groups is 1. The Balaban J connectivity index is 2.57. The summed E-state index contributed by atoms with van der Waals surface area (Å²) in [6.45, 7) is 1.00. The molecule has 0 bridgehead atoms. The highest BCUT2D eigenvalue weighted by atomic mass is 32.2. The van der Waals surface area contributed by atoms with Gasteiger partial charge in [-0.2, -0.15) is 0 Å². The molecule has 0 amide bonds. The predicted octanol–water partition coefficient (Wildman–Crippen LogP) is 0.0741. The first kappa shape index (κ1) is 14.4. The Hall–Kier alpha value is -0.660. The summed E-state index contributed by atoms with van der Waals surface area (Å²) in [4.78, 5) is 10.6. The minimum atomic E-state index is -3.91. The molecule has 1 rings (SSSR count). The maximum Gasteiger partial charge on any atom is 0.323 e. The number of hydrogen-bond acceptors (Lipinski definition) is 4. The van der Waals surface area contributed by atoms with Gasteiger partial charge in [0.15, 0.2) is 5.25 Å². The summed E-state index contributed by atoms with van der Waals surface area (Å²) in [5.74, 6) is -1.40. The Kier molecular flexibility index (Phi) is 4.51. The summed E-state index contributed by atoms with van der Waals surface area (Å²) >= 11 is 0. The normalized spacial score (nSPS) is 22.0. The summed E-state index contributed by atoms with van der Waals surface area (Å²) in [7, 11) is -3.91. The lowest BCUT2D eigenvalue weighted by molar-refractivity contribution is -0.136. The molecule has 1 unspecified atom stereocenters. The molecule has 1 aliphatic rings. The molecular formula is C10H19NO5S. The van der Waals surface area contributed by atoms with Crippen molar-refractivity contribution in [2.45, 2.75) is 49.9 Å². The molecule has 17 heavy (non-hydrogen) atoms. The zero-order chi connectivity index (χ0) is 13.1. The van der Waals surface area contributed by atoms with Crippen molar-refractivity contribution in [1.29, 1.82) is 0 Å². The van der Waals surface area contributed by atoms with Crippen LogP contribution in [0.25, 0.3) is 0 Å². The predicted molar refractivity (Wildman–Crippen MR) is 62.1 cm³/mol. The second kappa shape index (κ2) is 5.32. The molecule has 1 saturated carbocycles. The Morgan fingerprint density at radius 3 is 2.35 bits per heavy atom. The van der Waals surface area contributed by atoms with Gasteiger partial charge in [-0.05, 0) is 19.8 Å². The highest BCUT2D eigenvalue weighted by Gasteiger charge is 2.33. The van der Waals surface area contributed by atoms with Gasteiger partial charge in [0.25, 0.3) is 0 Å². The molecule has 0 aromatic rings. The number of carbonyl (C=O) groups is 1. The van der Waals surface area contributed by atoms with Gasteiger partial charge in [0.2, 0.25) is 10.0 Å². The summed E-state index contributed by atoms with van der Waals surface area (Å²) in [6, 6.07) is 0. The van der Waals surface area contributed by atoms with E-state index >= 15 is 0 Å². The van der Waals surface area contributed by atoms with Gasteiger partial charge in [-0.1, -0.05) is 19.3 Å². The monoisotopic (exact) mass is 265 g/mol. The smallest absolute Gasteiger partial charge is 0.323 e. The molecule has 0 spiro atoms. The van der Waals surface area contributed by atoms with Crippen molar-refractivity contribution in [3.8, 4) is 0 Å². The fourth-order valence-corrected chi connectivity index (χ4v) is 2.86. The first-order valence-corrected chi connectivity index (χ1v) is 7.25. The van der Waals surface area contributed by atoms with E-state index in [1.807, 2.05) is 0 Å². The van der Waals surface area contributed by atoms with Crippen LogP contribution in [0.15, 0.2) is 0 Å². The van der Waals surface area contributed by atoms with Crippen molar-refractivity contribution in [2.75, 3.05) is 6.54 Å². The van der Waals surface area contributed by atoms with Crippen molar-refractivity contribution < 1.29 is 23.4 Å². The highest BCUT2D eigenvalue weighted by molar-refractivity contribution is 7.90. The molecular weight excluding hydrogens is 246 g/mol. The van der Waals surface area contributed by atoms with Gasteiger partial charge in [0.1, 0.15) is 0 Å². The molecule has 7 heteroatoms. The Morgan fingerprint density at radius 2 is 1.88 bits per heavy atom. The second-order valence-corrected chi connectivity index (χ2v) is 6.72. The van der Waals surface area contributed by atoms with Gasteiger partial charge >= 0.3 is 5.97 Å². The molecule has 0 radical (unpaired) electrons. The van der Waals surface area contributed by atoms with Gasteiger partial charge in [0.05, 0.1) is 5.60 Å². The Bertz CT molecular complexity index is 372. The van der Waals surface area contributed by atoms with Crippen LogP contribution in [0.1, 0.15) is 39.0 Å². The van der Waals surface area contributed by atoms with Crippen LogP contribution in [0.2, 0.25) is 0 Å². The number of rotatable bonds is 5. The van der Waals surface area contributed by atoms with Gasteiger partial charge < -0.3 is 10.2 Å². The molecule has 1 fully saturated rings. The van der Waals surface area contributed by atoms with Crippen LogP contribution in [0.5, 0.6) is 0 Å². The van der Waals surface area contributed by atoms with Crippen LogP contribution < -0.4 is 4.72 Å². The largest absolute Gasteiger partial charge is 0.480 e. The van der Waals surface area contributed by atoms with Gasteiger partial charge in [-0.25, -0.2) is 13.1 Å². The summed E-state index contributed by atoms with van der Waals surface area (Å²) in [5.41, 5.74) is -1.02. The third-order valence-corrected chi connectivity index (χ3v) is 4.88. The van der Waals surface area contributed by atoms with E-state index in [0.717, 1.165) is 26.2 Å². The van der Waals surface area contributed by atoms with Crippen molar-refractivity contribution in [3.63, 3.8) is 0 Å². The standard InChI is InChI=1S/C10H19NO5S/c1-8(9(12)13)17(15,16)11-7-10(14)5-3-2-4-6-10/h8,11,14H,2-7H2,1H3,(H,12,13). The van der Waals surface area contributed by atoms with E-state index in [4.69, 9.17) is 5.11 Å². The summed E-state index contributed by atoms with van der Waals surface area (Å²) in [6.07, 6.45) is 3.88. The molecule has 0 saturated heterocycles. The molecule has 0 aromatic heterocycles. The van der Waals surface area contributed by atoms with Crippen LogP contribution in [0.4, 0.5) is 0 Å². The van der Waals surface area contributed by atoms with Crippen molar-refractivity contribution in [2.24, 2.45) is 0 Å². The molecule has 1 aliphatic carbocycles. The van der Waals surface area contributed by atoms with Gasteiger partial charge in [-0.3, -0.25) is 4.79 Å². The van der Waals surface area contributed by atoms with Crippen LogP contribution in [-0.2, 0) is 14.8 Å². The first-order chi connectivity index (χ1) is 7.77. The SMILES string of the molecule is CC(C(=O)O)S(=O)(=O)NCC1(O)CCCCC1. The van der Waals surface area contributed by atoms with E-state index < -0.39 is 26.8 Å². The van der Waals surface area contributed by atoms with Gasteiger partial charge in [0, 0.05) is 6.54 Å². The lowest BCUT2D eigenvalue weighted by Gasteiger charge is -2.32. The second-order valence-electron chi connectivity index (χ2n) is 4.63. The van der Waals surface area contributed by atoms with Crippen LogP contribution in [0.3, 0.4) is 0 Å². The minimum absolute atomic E-state index is 0.104. The Labute approximate surface area is 101 Å². The van der Waals surface area contributed by atoms with Crippen molar-refractivity contribution in [1.82, 2.24) is 4.72 Å². The Morgan fingerprint density at radius 1 is 1.35 bits per heavy atom. The van der Waals surface area contributed by atoms with E-state index in [1.54, 1.807) is 0 Å². The fourth-order valence-electron chi connectivity index (χ4n) is 1.88. The maximum atomic E-state index is 11.6. The van der Waals surface area contributed by atoms with Gasteiger partial charge in [-0.15, -0.1) is 0 Å². The average Bonchev–Trinajstić information content (AvgIpc) is 2.27. The van der Waals surface area contributed by atoms with E-state index in [9.17, 15) is 18.3 Å². The highest BCUT2D eigenvalue weighted by Crippen LogP contribution is 2.27. The number of carboxylic acids is 1. The third kappa shape index (κ3) is 3.93. The summed E-state index contributed by atoms with van der Waals surface area (Å²) in [5, 5.41) is 17.2. The number of nitrogens with one attached hydrogen (secondary N) is 1. The fraction of sp³-hybridized carbons (Fsp3) is 0.900. The minimum Gasteiger partial charge on any atom is -0.480 e. The number of sulfonamides is 1. The molecule has 3 N–H and O–H groups in total. The van der Waals surface area contributed by atoms with E-state index in [0.29, 0.717) is 12.8 Å². The zero-order valence-corrected chi connectivity index (χ0v) is 10.7. The van der Waals surface area contributed by atoms with E-state index in [2.05, 4.69) is 4.72 Å². The summed E-state index contributed by atoms with van der Waals surface area (Å²) < 4.78 is 25.3.